The van der Waals surface area contributed by atoms with E-state index < -0.39 is 11.7 Å². The number of carbonyl (C=O) groups is 1. The van der Waals surface area contributed by atoms with Crippen molar-refractivity contribution in [1.29, 1.82) is 0 Å². The summed E-state index contributed by atoms with van der Waals surface area (Å²) in [5.74, 6) is 0.191. The molecular weight excluding hydrogens is 417 g/mol. The molecule has 0 bridgehead atoms. The standard InChI is InChI=1S/C19H13F3N6OS/c20-19(21,22)13-3-5-14(6-4-13)24-16(29)11-30-17-8-7-15-25-26-18(28(15)27-17)12-2-1-9-23-10-12/h1-10H,11H2,(H,24,29). The first kappa shape index (κ1) is 19.8. The van der Waals surface area contributed by atoms with E-state index in [1.54, 1.807) is 35.1 Å². The zero-order valence-electron chi connectivity index (χ0n) is 15.2. The highest BCUT2D eigenvalue weighted by Crippen LogP contribution is 2.30. The van der Waals surface area contributed by atoms with Crippen LogP contribution in [0.25, 0.3) is 17.0 Å². The molecule has 1 amide bonds. The maximum atomic E-state index is 12.6. The van der Waals surface area contributed by atoms with Gasteiger partial charge in [-0.2, -0.15) is 22.8 Å². The van der Waals surface area contributed by atoms with Crippen molar-refractivity contribution in [3.05, 3.63) is 66.5 Å². The van der Waals surface area contributed by atoms with Crippen LogP contribution in [0.2, 0.25) is 0 Å². The molecule has 4 rings (SSSR count). The van der Waals surface area contributed by atoms with Gasteiger partial charge in [-0.3, -0.25) is 9.78 Å². The lowest BCUT2D eigenvalue weighted by molar-refractivity contribution is -0.137. The second kappa shape index (κ2) is 8.11. The monoisotopic (exact) mass is 430 g/mol. The third kappa shape index (κ3) is 4.40. The van der Waals surface area contributed by atoms with Gasteiger partial charge in [0.25, 0.3) is 0 Å². The first-order valence-corrected chi connectivity index (χ1v) is 9.61. The lowest BCUT2D eigenvalue weighted by Crippen LogP contribution is -2.14. The van der Waals surface area contributed by atoms with E-state index >= 15 is 0 Å². The predicted octanol–water partition coefficient (Wildman–Crippen LogP) is 3.94. The number of carbonyl (C=O) groups excluding carboxylic acids is 1. The molecule has 0 atom stereocenters. The van der Waals surface area contributed by atoms with Gasteiger partial charge >= 0.3 is 6.18 Å². The fourth-order valence-electron chi connectivity index (χ4n) is 2.60. The van der Waals surface area contributed by atoms with E-state index in [1.807, 2.05) is 6.07 Å². The van der Waals surface area contributed by atoms with Gasteiger partial charge in [-0.1, -0.05) is 11.8 Å². The van der Waals surface area contributed by atoms with Crippen LogP contribution in [-0.2, 0) is 11.0 Å². The van der Waals surface area contributed by atoms with Crippen molar-refractivity contribution in [3.8, 4) is 11.4 Å². The van der Waals surface area contributed by atoms with Gasteiger partial charge in [0.15, 0.2) is 11.5 Å². The number of aromatic nitrogens is 5. The summed E-state index contributed by atoms with van der Waals surface area (Å²) in [4.78, 5) is 16.2. The van der Waals surface area contributed by atoms with Gasteiger partial charge in [0.2, 0.25) is 5.91 Å². The molecule has 7 nitrogen and oxygen atoms in total. The largest absolute Gasteiger partial charge is 0.416 e. The van der Waals surface area contributed by atoms with E-state index in [4.69, 9.17) is 0 Å². The second-order valence-corrected chi connectivity index (χ2v) is 7.11. The number of alkyl halides is 3. The van der Waals surface area contributed by atoms with Crippen molar-refractivity contribution in [2.75, 3.05) is 11.1 Å². The summed E-state index contributed by atoms with van der Waals surface area (Å²) in [7, 11) is 0. The normalized spacial score (nSPS) is 11.6. The van der Waals surface area contributed by atoms with Crippen molar-refractivity contribution < 1.29 is 18.0 Å². The third-order valence-electron chi connectivity index (χ3n) is 4.01. The molecule has 0 saturated carbocycles. The highest BCUT2D eigenvalue weighted by molar-refractivity contribution is 7.99. The molecule has 0 saturated heterocycles. The van der Waals surface area contributed by atoms with Gasteiger partial charge in [0.1, 0.15) is 5.03 Å². The maximum absolute atomic E-state index is 12.6. The lowest BCUT2D eigenvalue weighted by Gasteiger charge is -2.08. The molecule has 3 aromatic heterocycles. The van der Waals surface area contributed by atoms with Crippen molar-refractivity contribution >= 4 is 29.0 Å². The molecule has 4 aromatic rings. The molecule has 3 heterocycles. The number of pyridine rings is 1. The fraction of sp³-hybridized carbons (Fsp3) is 0.105. The Morgan fingerprint density at radius 1 is 1.07 bits per heavy atom. The molecular formula is C19H13F3N6OS. The molecule has 0 aliphatic rings. The Kier molecular flexibility index (Phi) is 5.36. The lowest BCUT2D eigenvalue weighted by atomic mass is 10.2. The number of benzene rings is 1. The Hall–Kier alpha value is -3.47. The summed E-state index contributed by atoms with van der Waals surface area (Å²) in [5, 5.41) is 15.8. The molecule has 1 aromatic carbocycles. The van der Waals surface area contributed by atoms with Crippen LogP contribution in [0.3, 0.4) is 0 Å². The summed E-state index contributed by atoms with van der Waals surface area (Å²) in [6.45, 7) is 0. The van der Waals surface area contributed by atoms with Crippen LogP contribution in [0, 0.1) is 0 Å². The van der Waals surface area contributed by atoms with Gasteiger partial charge in [0, 0.05) is 23.6 Å². The van der Waals surface area contributed by atoms with Crippen molar-refractivity contribution in [2.45, 2.75) is 11.2 Å². The SMILES string of the molecule is O=C(CSc1ccc2nnc(-c3cccnc3)n2n1)Nc1ccc(C(F)(F)F)cc1. The van der Waals surface area contributed by atoms with E-state index in [2.05, 4.69) is 25.6 Å². The number of hydrogen-bond donors (Lipinski definition) is 1. The second-order valence-electron chi connectivity index (χ2n) is 6.12. The summed E-state index contributed by atoms with van der Waals surface area (Å²) < 4.78 is 39.4. The molecule has 0 radical (unpaired) electrons. The number of fused-ring (bicyclic) bond motifs is 1. The number of amides is 1. The van der Waals surface area contributed by atoms with Gasteiger partial charge in [-0.25, -0.2) is 0 Å². The molecule has 152 valence electrons. The number of thioether (sulfide) groups is 1. The van der Waals surface area contributed by atoms with Crippen LogP contribution in [0.4, 0.5) is 18.9 Å². The fourth-order valence-corrected chi connectivity index (χ4v) is 3.26. The number of nitrogens with zero attached hydrogens (tertiary/aromatic N) is 5. The minimum absolute atomic E-state index is 0.0316. The quantitative estimate of drug-likeness (QED) is 0.483. The third-order valence-corrected chi connectivity index (χ3v) is 4.93. The number of nitrogens with one attached hydrogen (secondary N) is 1. The Labute approximate surface area is 172 Å². The number of rotatable bonds is 5. The predicted molar refractivity (Wildman–Crippen MR) is 105 cm³/mol. The molecule has 30 heavy (non-hydrogen) atoms. The average molecular weight is 430 g/mol. The zero-order chi connectivity index (χ0) is 21.1. The first-order valence-electron chi connectivity index (χ1n) is 8.63. The summed E-state index contributed by atoms with van der Waals surface area (Å²) in [6, 6.07) is 11.3. The smallest absolute Gasteiger partial charge is 0.325 e. The van der Waals surface area contributed by atoms with Crippen LogP contribution >= 0.6 is 11.8 Å². The average Bonchev–Trinajstić information content (AvgIpc) is 3.16. The summed E-state index contributed by atoms with van der Waals surface area (Å²) in [6.07, 6.45) is -1.12. The topological polar surface area (TPSA) is 85.1 Å². The molecule has 0 spiro atoms. The van der Waals surface area contributed by atoms with Crippen molar-refractivity contribution in [1.82, 2.24) is 24.8 Å². The first-order chi connectivity index (χ1) is 14.4. The number of halogens is 3. The molecule has 0 aliphatic carbocycles. The number of anilines is 1. The van der Waals surface area contributed by atoms with Crippen molar-refractivity contribution in [3.63, 3.8) is 0 Å². The molecule has 0 unspecified atom stereocenters. The van der Waals surface area contributed by atoms with Crippen LogP contribution in [0.15, 0.2) is 66.0 Å². The Bertz CT molecular complexity index is 1180. The van der Waals surface area contributed by atoms with E-state index in [1.165, 1.54) is 23.9 Å². The Morgan fingerprint density at radius 3 is 2.57 bits per heavy atom. The van der Waals surface area contributed by atoms with E-state index in [0.717, 1.165) is 17.7 Å². The number of hydrogen-bond acceptors (Lipinski definition) is 6. The minimum Gasteiger partial charge on any atom is -0.325 e. The van der Waals surface area contributed by atoms with E-state index in [0.29, 0.717) is 16.5 Å². The van der Waals surface area contributed by atoms with Gasteiger partial charge in [-0.05, 0) is 48.5 Å². The Balaban J connectivity index is 1.43. The van der Waals surface area contributed by atoms with Crippen LogP contribution in [0.1, 0.15) is 5.56 Å². The highest BCUT2D eigenvalue weighted by atomic mass is 32.2. The highest BCUT2D eigenvalue weighted by Gasteiger charge is 2.30. The molecule has 1 N–H and O–H groups in total. The summed E-state index contributed by atoms with van der Waals surface area (Å²) in [5.41, 5.74) is 0.813. The Morgan fingerprint density at radius 2 is 1.87 bits per heavy atom. The summed E-state index contributed by atoms with van der Waals surface area (Å²) >= 11 is 1.18. The zero-order valence-corrected chi connectivity index (χ0v) is 16.0. The van der Waals surface area contributed by atoms with Crippen LogP contribution in [-0.4, -0.2) is 36.5 Å². The van der Waals surface area contributed by atoms with Crippen molar-refractivity contribution in [2.24, 2.45) is 0 Å². The van der Waals surface area contributed by atoms with Gasteiger partial charge < -0.3 is 5.32 Å². The maximum Gasteiger partial charge on any atom is 0.416 e. The van der Waals surface area contributed by atoms with Crippen LogP contribution < -0.4 is 5.32 Å². The molecule has 0 aliphatic heterocycles. The minimum atomic E-state index is -4.42. The van der Waals surface area contributed by atoms with Gasteiger partial charge in [-0.15, -0.1) is 10.2 Å². The van der Waals surface area contributed by atoms with E-state index in [-0.39, 0.29) is 17.3 Å². The molecule has 0 fully saturated rings. The van der Waals surface area contributed by atoms with Gasteiger partial charge in [0.05, 0.1) is 11.3 Å². The molecule has 11 heteroatoms. The van der Waals surface area contributed by atoms with E-state index in [9.17, 15) is 18.0 Å². The van der Waals surface area contributed by atoms with Crippen LogP contribution in [0.5, 0.6) is 0 Å².